The maximum atomic E-state index is 5.21. The molecule has 0 saturated carbocycles. The Bertz CT molecular complexity index is 533. The second-order valence-electron chi connectivity index (χ2n) is 5.03. The lowest BCUT2D eigenvalue weighted by Crippen LogP contribution is -2.13. The Morgan fingerprint density at radius 2 is 2.06 bits per heavy atom. The fourth-order valence-electron chi connectivity index (χ4n) is 1.24. The van der Waals surface area contributed by atoms with Crippen LogP contribution in [0.4, 0.5) is 0 Å². The molecule has 0 aliphatic carbocycles. The zero-order chi connectivity index (χ0) is 13.2. The number of hydrogen-bond acceptors (Lipinski definition) is 6. The molecular formula is C12H16N4OS. The Labute approximate surface area is 110 Å². The third kappa shape index (κ3) is 3.29. The largest absolute Gasteiger partial charge is 0.338 e. The van der Waals surface area contributed by atoms with Crippen LogP contribution in [-0.4, -0.2) is 20.1 Å². The van der Waals surface area contributed by atoms with Gasteiger partial charge in [-0.2, -0.15) is 4.98 Å². The summed E-state index contributed by atoms with van der Waals surface area (Å²) in [4.78, 5) is 12.8. The summed E-state index contributed by atoms with van der Waals surface area (Å²) in [6.45, 7) is 8.10. The van der Waals surface area contributed by atoms with E-state index in [0.717, 1.165) is 16.7 Å². The summed E-state index contributed by atoms with van der Waals surface area (Å²) in [6.07, 6.45) is 1.75. The lowest BCUT2D eigenvalue weighted by atomic mass is 9.96. The average Bonchev–Trinajstić information content (AvgIpc) is 2.74. The highest BCUT2D eigenvalue weighted by molar-refractivity contribution is 7.98. The summed E-state index contributed by atoms with van der Waals surface area (Å²) >= 11 is 1.49. The molecule has 0 atom stereocenters. The molecule has 2 aromatic heterocycles. The van der Waals surface area contributed by atoms with Crippen LogP contribution >= 0.6 is 11.8 Å². The van der Waals surface area contributed by atoms with Gasteiger partial charge in [0.1, 0.15) is 0 Å². The van der Waals surface area contributed by atoms with Crippen molar-refractivity contribution < 1.29 is 4.52 Å². The van der Waals surface area contributed by atoms with Crippen molar-refractivity contribution in [3.8, 4) is 0 Å². The lowest BCUT2D eigenvalue weighted by Gasteiger charge is -2.10. The SMILES string of the molecule is Cc1ccnc(SCc2nc(C(C)(C)C)no2)n1. The Morgan fingerprint density at radius 3 is 2.67 bits per heavy atom. The van der Waals surface area contributed by atoms with Gasteiger partial charge in [0, 0.05) is 17.3 Å². The normalized spacial score (nSPS) is 11.8. The van der Waals surface area contributed by atoms with Crippen molar-refractivity contribution in [2.75, 3.05) is 0 Å². The van der Waals surface area contributed by atoms with Crippen LogP contribution in [0.15, 0.2) is 21.9 Å². The zero-order valence-corrected chi connectivity index (χ0v) is 11.8. The topological polar surface area (TPSA) is 64.7 Å². The molecular weight excluding hydrogens is 248 g/mol. The van der Waals surface area contributed by atoms with E-state index < -0.39 is 0 Å². The monoisotopic (exact) mass is 264 g/mol. The molecule has 0 bridgehead atoms. The number of aromatic nitrogens is 4. The second kappa shape index (κ2) is 5.06. The minimum atomic E-state index is -0.0910. The van der Waals surface area contributed by atoms with E-state index in [1.165, 1.54) is 11.8 Å². The van der Waals surface area contributed by atoms with Crippen LogP contribution in [0, 0.1) is 6.92 Å². The van der Waals surface area contributed by atoms with Crippen LogP contribution in [0.2, 0.25) is 0 Å². The van der Waals surface area contributed by atoms with Crippen molar-refractivity contribution in [2.45, 2.75) is 44.0 Å². The van der Waals surface area contributed by atoms with Crippen molar-refractivity contribution in [1.82, 2.24) is 20.1 Å². The van der Waals surface area contributed by atoms with Gasteiger partial charge in [0.15, 0.2) is 11.0 Å². The third-order valence-corrected chi connectivity index (χ3v) is 3.08. The van der Waals surface area contributed by atoms with Gasteiger partial charge >= 0.3 is 0 Å². The number of hydrogen-bond donors (Lipinski definition) is 0. The Hall–Kier alpha value is -1.43. The molecule has 18 heavy (non-hydrogen) atoms. The van der Waals surface area contributed by atoms with E-state index in [1.807, 2.05) is 13.0 Å². The number of nitrogens with zero attached hydrogens (tertiary/aromatic N) is 4. The van der Waals surface area contributed by atoms with Gasteiger partial charge in [-0.1, -0.05) is 37.7 Å². The molecule has 0 aliphatic heterocycles. The lowest BCUT2D eigenvalue weighted by molar-refractivity contribution is 0.372. The van der Waals surface area contributed by atoms with E-state index in [2.05, 4.69) is 40.9 Å². The van der Waals surface area contributed by atoms with Gasteiger partial charge in [-0.3, -0.25) is 0 Å². The maximum Gasteiger partial charge on any atom is 0.237 e. The molecule has 0 radical (unpaired) electrons. The predicted octanol–water partition coefficient (Wildman–Crippen LogP) is 2.76. The molecule has 0 amide bonds. The Kier molecular flexibility index (Phi) is 3.65. The molecule has 6 heteroatoms. The molecule has 0 aliphatic rings. The molecule has 0 fully saturated rings. The molecule has 0 unspecified atom stereocenters. The first kappa shape index (κ1) is 13.0. The molecule has 0 spiro atoms. The highest BCUT2D eigenvalue weighted by Gasteiger charge is 2.20. The van der Waals surface area contributed by atoms with Gasteiger partial charge in [-0.25, -0.2) is 9.97 Å². The maximum absolute atomic E-state index is 5.21. The quantitative estimate of drug-likeness (QED) is 0.627. The van der Waals surface area contributed by atoms with Gasteiger partial charge in [0.25, 0.3) is 0 Å². The standard InChI is InChI=1S/C12H16N4OS/c1-8-5-6-13-11(14-8)18-7-9-15-10(16-17-9)12(2,3)4/h5-6H,7H2,1-4H3. The van der Waals surface area contributed by atoms with E-state index in [0.29, 0.717) is 11.6 Å². The van der Waals surface area contributed by atoms with Crippen LogP contribution in [0.3, 0.4) is 0 Å². The summed E-state index contributed by atoms with van der Waals surface area (Å²) in [5, 5.41) is 4.70. The summed E-state index contributed by atoms with van der Waals surface area (Å²) in [5.74, 6) is 1.92. The van der Waals surface area contributed by atoms with Crippen molar-refractivity contribution in [2.24, 2.45) is 0 Å². The first-order valence-electron chi connectivity index (χ1n) is 5.70. The predicted molar refractivity (Wildman–Crippen MR) is 69.3 cm³/mol. The van der Waals surface area contributed by atoms with Crippen molar-refractivity contribution >= 4 is 11.8 Å². The second-order valence-corrected chi connectivity index (χ2v) is 5.97. The minimum absolute atomic E-state index is 0.0910. The molecule has 2 rings (SSSR count). The fraction of sp³-hybridized carbons (Fsp3) is 0.500. The highest BCUT2D eigenvalue weighted by Crippen LogP contribution is 2.22. The molecule has 2 aromatic rings. The van der Waals surface area contributed by atoms with Crippen LogP contribution in [-0.2, 0) is 11.2 Å². The van der Waals surface area contributed by atoms with E-state index >= 15 is 0 Å². The Balaban J connectivity index is 2.01. The number of thioether (sulfide) groups is 1. The van der Waals surface area contributed by atoms with Gasteiger partial charge in [0.2, 0.25) is 5.89 Å². The van der Waals surface area contributed by atoms with E-state index in [-0.39, 0.29) is 5.41 Å². The molecule has 0 saturated heterocycles. The molecule has 2 heterocycles. The van der Waals surface area contributed by atoms with Crippen molar-refractivity contribution in [3.05, 3.63) is 29.7 Å². The summed E-state index contributed by atoms with van der Waals surface area (Å²) in [5.41, 5.74) is 0.861. The van der Waals surface area contributed by atoms with Crippen LogP contribution in [0.25, 0.3) is 0 Å². The van der Waals surface area contributed by atoms with Crippen molar-refractivity contribution in [1.29, 1.82) is 0 Å². The van der Waals surface area contributed by atoms with Crippen LogP contribution < -0.4 is 0 Å². The van der Waals surface area contributed by atoms with Crippen LogP contribution in [0.1, 0.15) is 38.2 Å². The molecule has 0 N–H and O–H groups in total. The number of rotatable bonds is 3. The smallest absolute Gasteiger partial charge is 0.237 e. The summed E-state index contributed by atoms with van der Waals surface area (Å²) in [7, 11) is 0. The first-order chi connectivity index (χ1) is 8.45. The van der Waals surface area contributed by atoms with E-state index in [9.17, 15) is 0 Å². The van der Waals surface area contributed by atoms with Gasteiger partial charge in [0.05, 0.1) is 5.75 Å². The Morgan fingerprint density at radius 1 is 1.28 bits per heavy atom. The average molecular weight is 264 g/mol. The van der Waals surface area contributed by atoms with Crippen molar-refractivity contribution in [3.63, 3.8) is 0 Å². The van der Waals surface area contributed by atoms with E-state index in [4.69, 9.17) is 4.52 Å². The molecule has 5 nitrogen and oxygen atoms in total. The van der Waals surface area contributed by atoms with Gasteiger partial charge in [-0.15, -0.1) is 0 Å². The van der Waals surface area contributed by atoms with E-state index in [1.54, 1.807) is 6.20 Å². The fourth-order valence-corrected chi connectivity index (χ4v) is 1.95. The van der Waals surface area contributed by atoms with Crippen LogP contribution in [0.5, 0.6) is 0 Å². The number of aryl methyl sites for hydroxylation is 1. The highest BCUT2D eigenvalue weighted by atomic mass is 32.2. The molecule has 96 valence electrons. The van der Waals surface area contributed by atoms with Gasteiger partial charge in [-0.05, 0) is 13.0 Å². The van der Waals surface area contributed by atoms with Gasteiger partial charge < -0.3 is 4.52 Å². The summed E-state index contributed by atoms with van der Waals surface area (Å²) < 4.78 is 5.21. The third-order valence-electron chi connectivity index (χ3n) is 2.24. The zero-order valence-electron chi connectivity index (χ0n) is 11.0. The first-order valence-corrected chi connectivity index (χ1v) is 6.69. The molecule has 0 aromatic carbocycles. The summed E-state index contributed by atoms with van der Waals surface area (Å²) in [6, 6.07) is 1.87. The minimum Gasteiger partial charge on any atom is -0.338 e.